The predicted molar refractivity (Wildman–Crippen MR) is 89.7 cm³/mol. The maximum atomic E-state index is 13.0. The van der Waals surface area contributed by atoms with Gasteiger partial charge in [-0.1, -0.05) is 0 Å². The van der Waals surface area contributed by atoms with Crippen LogP contribution in [0.1, 0.15) is 16.1 Å². The average molecular weight is 373 g/mol. The molecule has 3 aromatic rings. The van der Waals surface area contributed by atoms with Crippen LogP contribution in [0.2, 0.25) is 0 Å². The van der Waals surface area contributed by atoms with Crippen LogP contribution >= 0.6 is 0 Å². The first-order valence-electron chi connectivity index (χ1n) is 7.56. The number of benzene rings is 1. The molecule has 0 saturated carbocycles. The molecule has 0 unspecified atom stereocenters. The number of aromatic nitrogens is 2. The van der Waals surface area contributed by atoms with Crippen LogP contribution in [-0.2, 0) is 11.3 Å². The van der Waals surface area contributed by atoms with E-state index in [4.69, 9.17) is 4.42 Å². The summed E-state index contributed by atoms with van der Waals surface area (Å²) in [5.74, 6) is -1.20. The van der Waals surface area contributed by atoms with Crippen LogP contribution in [0.3, 0.4) is 0 Å². The Labute approximate surface area is 150 Å². The lowest BCUT2D eigenvalue weighted by molar-refractivity contribution is -0.385. The van der Waals surface area contributed by atoms with Gasteiger partial charge in [0.25, 0.3) is 11.2 Å². The Bertz CT molecular complexity index is 1070. The van der Waals surface area contributed by atoms with Crippen molar-refractivity contribution < 1.29 is 23.3 Å². The number of pyridine rings is 1. The molecule has 0 amide bonds. The number of ether oxygens (including phenoxy) is 1. The molecule has 0 bridgehead atoms. The molecule has 0 spiro atoms. The minimum atomic E-state index is -0.982. The van der Waals surface area contributed by atoms with Crippen LogP contribution in [0, 0.1) is 15.9 Å². The summed E-state index contributed by atoms with van der Waals surface area (Å²) in [4.78, 5) is 38.6. The number of halogens is 1. The molecule has 10 heteroatoms. The topological polar surface area (TPSA) is 117 Å². The van der Waals surface area contributed by atoms with E-state index in [-0.39, 0.29) is 18.1 Å². The molecule has 27 heavy (non-hydrogen) atoms. The molecular formula is C17H12FN3O6. The van der Waals surface area contributed by atoms with Gasteiger partial charge in [-0.15, -0.1) is 0 Å². The smallest absolute Gasteiger partial charge is 0.343 e. The zero-order valence-corrected chi connectivity index (χ0v) is 13.9. The Hall–Kier alpha value is -3.82. The van der Waals surface area contributed by atoms with Crippen LogP contribution < -0.4 is 5.56 Å². The number of nitrogens with zero attached hydrogens (tertiary/aromatic N) is 3. The summed E-state index contributed by atoms with van der Waals surface area (Å²) in [7, 11) is 1.07. The Kier molecular flexibility index (Phi) is 4.79. The maximum absolute atomic E-state index is 13.0. The van der Waals surface area contributed by atoms with Crippen LogP contribution in [0.15, 0.2) is 52.0 Å². The largest absolute Gasteiger partial charge is 0.465 e. The number of hydrogen-bond acceptors (Lipinski definition) is 7. The van der Waals surface area contributed by atoms with Crippen molar-refractivity contribution in [3.8, 4) is 11.5 Å². The first-order valence-corrected chi connectivity index (χ1v) is 7.56. The Morgan fingerprint density at radius 3 is 2.70 bits per heavy atom. The molecule has 2 heterocycles. The second kappa shape index (κ2) is 7.20. The lowest BCUT2D eigenvalue weighted by Gasteiger charge is -2.06. The van der Waals surface area contributed by atoms with Gasteiger partial charge in [-0.3, -0.25) is 14.9 Å². The summed E-state index contributed by atoms with van der Waals surface area (Å²) < 4.78 is 23.8. The number of oxazole rings is 1. The molecular weight excluding hydrogens is 361 g/mol. The first kappa shape index (κ1) is 18.0. The van der Waals surface area contributed by atoms with Crippen molar-refractivity contribution in [2.45, 2.75) is 6.54 Å². The van der Waals surface area contributed by atoms with Crippen LogP contribution in [-0.4, -0.2) is 27.6 Å². The molecule has 0 aliphatic rings. The van der Waals surface area contributed by atoms with Gasteiger partial charge in [0.15, 0.2) is 0 Å². The minimum absolute atomic E-state index is 0.171. The van der Waals surface area contributed by atoms with Crippen molar-refractivity contribution in [3.63, 3.8) is 0 Å². The molecule has 138 valence electrons. The zero-order chi connectivity index (χ0) is 19.6. The second-order valence-electron chi connectivity index (χ2n) is 5.44. The summed E-state index contributed by atoms with van der Waals surface area (Å²) in [6.45, 7) is -0.171. The quantitative estimate of drug-likeness (QED) is 0.383. The number of rotatable bonds is 5. The Morgan fingerprint density at radius 1 is 1.37 bits per heavy atom. The fraction of sp³-hybridized carbons (Fsp3) is 0.118. The van der Waals surface area contributed by atoms with Crippen molar-refractivity contribution in [2.24, 2.45) is 0 Å². The number of carbonyl (C=O) groups is 1. The number of esters is 1. The van der Waals surface area contributed by atoms with Gasteiger partial charge in [-0.05, 0) is 24.3 Å². The number of methoxy groups -OCH3 is 1. The van der Waals surface area contributed by atoms with Gasteiger partial charge in [0.2, 0.25) is 5.89 Å². The minimum Gasteiger partial charge on any atom is -0.465 e. The molecule has 0 fully saturated rings. The third kappa shape index (κ3) is 3.73. The molecule has 2 aromatic heterocycles. The highest BCUT2D eigenvalue weighted by molar-refractivity contribution is 5.89. The molecule has 0 aliphatic carbocycles. The van der Waals surface area contributed by atoms with Gasteiger partial charge in [0.05, 0.1) is 30.5 Å². The molecule has 0 N–H and O–H groups in total. The van der Waals surface area contributed by atoms with E-state index in [0.29, 0.717) is 5.56 Å². The fourth-order valence-corrected chi connectivity index (χ4v) is 2.37. The SMILES string of the molecule is COC(=O)c1cc([N+](=O)[O-])cn(Cc2coc(-c3ccc(F)cc3)n2)c1=O. The van der Waals surface area contributed by atoms with Gasteiger partial charge in [-0.25, -0.2) is 14.2 Å². The van der Waals surface area contributed by atoms with Gasteiger partial charge in [-0.2, -0.15) is 0 Å². The van der Waals surface area contributed by atoms with E-state index in [0.717, 1.165) is 23.9 Å². The van der Waals surface area contributed by atoms with E-state index >= 15 is 0 Å². The summed E-state index contributed by atoms with van der Waals surface area (Å²) in [5, 5.41) is 11.1. The molecule has 0 saturated heterocycles. The second-order valence-corrected chi connectivity index (χ2v) is 5.44. The monoisotopic (exact) mass is 373 g/mol. The molecule has 3 rings (SSSR count). The Morgan fingerprint density at radius 2 is 2.07 bits per heavy atom. The number of hydrogen-bond donors (Lipinski definition) is 0. The molecule has 9 nitrogen and oxygen atoms in total. The summed E-state index contributed by atoms with van der Waals surface area (Å²) >= 11 is 0. The van der Waals surface area contributed by atoms with E-state index < -0.39 is 33.5 Å². The molecule has 0 radical (unpaired) electrons. The van der Waals surface area contributed by atoms with Crippen molar-refractivity contribution in [2.75, 3.05) is 7.11 Å². The van der Waals surface area contributed by atoms with E-state index in [1.807, 2.05) is 0 Å². The molecule has 0 atom stereocenters. The Balaban J connectivity index is 1.97. The fourth-order valence-electron chi connectivity index (χ4n) is 2.37. The van der Waals surface area contributed by atoms with Crippen molar-refractivity contribution >= 4 is 11.7 Å². The lowest BCUT2D eigenvalue weighted by atomic mass is 10.2. The summed E-state index contributed by atoms with van der Waals surface area (Å²) in [6, 6.07) is 6.29. The normalized spacial score (nSPS) is 10.6. The summed E-state index contributed by atoms with van der Waals surface area (Å²) in [5.41, 5.74) is -0.873. The van der Waals surface area contributed by atoms with Crippen molar-refractivity contribution in [1.82, 2.24) is 9.55 Å². The number of nitro groups is 1. The van der Waals surface area contributed by atoms with Crippen molar-refractivity contribution in [1.29, 1.82) is 0 Å². The third-order valence-corrected chi connectivity index (χ3v) is 3.66. The highest BCUT2D eigenvalue weighted by Gasteiger charge is 2.20. The van der Waals surface area contributed by atoms with Crippen LogP contribution in [0.5, 0.6) is 0 Å². The van der Waals surface area contributed by atoms with Gasteiger partial charge < -0.3 is 13.7 Å². The van der Waals surface area contributed by atoms with E-state index in [2.05, 4.69) is 9.72 Å². The van der Waals surface area contributed by atoms with Gasteiger partial charge in [0, 0.05) is 11.6 Å². The summed E-state index contributed by atoms with van der Waals surface area (Å²) in [6.07, 6.45) is 2.27. The standard InChI is InChI=1S/C17H12FN3O6/c1-26-17(23)14-6-13(21(24)25)8-20(16(14)22)7-12-9-27-15(19-12)10-2-4-11(18)5-3-10/h2-6,8-9H,7H2,1H3. The highest BCUT2D eigenvalue weighted by Crippen LogP contribution is 2.19. The maximum Gasteiger partial charge on any atom is 0.343 e. The highest BCUT2D eigenvalue weighted by atomic mass is 19.1. The zero-order valence-electron chi connectivity index (χ0n) is 13.9. The van der Waals surface area contributed by atoms with Crippen molar-refractivity contribution in [3.05, 3.63) is 80.3 Å². The van der Waals surface area contributed by atoms with E-state index in [1.165, 1.54) is 30.5 Å². The number of carbonyl (C=O) groups excluding carboxylic acids is 1. The third-order valence-electron chi connectivity index (χ3n) is 3.66. The van der Waals surface area contributed by atoms with Crippen LogP contribution in [0.4, 0.5) is 10.1 Å². The molecule has 1 aromatic carbocycles. The average Bonchev–Trinajstić information content (AvgIpc) is 3.11. The van der Waals surface area contributed by atoms with Gasteiger partial charge in [0.1, 0.15) is 17.6 Å². The molecule has 0 aliphatic heterocycles. The first-order chi connectivity index (χ1) is 12.9. The predicted octanol–water partition coefficient (Wildman–Crippen LogP) is 2.39. The van der Waals surface area contributed by atoms with Crippen LogP contribution in [0.25, 0.3) is 11.5 Å². The van der Waals surface area contributed by atoms with Gasteiger partial charge >= 0.3 is 5.97 Å². The van der Waals surface area contributed by atoms with E-state index in [1.54, 1.807) is 0 Å². The lowest BCUT2D eigenvalue weighted by Crippen LogP contribution is -2.27. The van der Waals surface area contributed by atoms with E-state index in [9.17, 15) is 24.1 Å².